The summed E-state index contributed by atoms with van der Waals surface area (Å²) in [5.74, 6) is 1.50. The van der Waals surface area contributed by atoms with Crippen molar-refractivity contribution >= 4 is 29.2 Å². The second-order valence-electron chi connectivity index (χ2n) is 7.35. The predicted octanol–water partition coefficient (Wildman–Crippen LogP) is 3.93. The molecule has 0 unspecified atom stereocenters. The van der Waals surface area contributed by atoms with Crippen LogP contribution in [0.3, 0.4) is 0 Å². The van der Waals surface area contributed by atoms with Crippen LogP contribution < -0.4 is 10.1 Å². The van der Waals surface area contributed by atoms with E-state index in [0.717, 1.165) is 20.5 Å². The molecular formula is C22H24N6O4S. The highest BCUT2D eigenvalue weighted by Gasteiger charge is 2.33. The molecule has 0 radical (unpaired) electrons. The number of ether oxygens (including phenoxy) is 2. The van der Waals surface area contributed by atoms with Gasteiger partial charge in [-0.3, -0.25) is 10.3 Å². The molecule has 0 aromatic carbocycles. The van der Waals surface area contributed by atoms with Gasteiger partial charge in [0.15, 0.2) is 0 Å². The maximum atomic E-state index is 12.6. The number of nitrogens with one attached hydrogen (secondary N) is 1. The minimum Gasteiger partial charge on any atom is -0.455 e. The molecule has 1 aliphatic heterocycles. The van der Waals surface area contributed by atoms with Gasteiger partial charge in [0, 0.05) is 45.2 Å². The molecule has 11 heteroatoms. The highest BCUT2D eigenvalue weighted by atomic mass is 32.1. The van der Waals surface area contributed by atoms with Gasteiger partial charge in [0.1, 0.15) is 17.3 Å². The van der Waals surface area contributed by atoms with Crippen molar-refractivity contribution in [2.75, 3.05) is 38.7 Å². The van der Waals surface area contributed by atoms with Crippen LogP contribution in [-0.2, 0) is 4.74 Å². The third-order valence-corrected chi connectivity index (χ3v) is 5.95. The number of hydrogen-bond donors (Lipinski definition) is 1. The average molecular weight is 469 g/mol. The summed E-state index contributed by atoms with van der Waals surface area (Å²) >= 11 is 1.56. The first kappa shape index (κ1) is 22.6. The monoisotopic (exact) mass is 468 g/mol. The molecular weight excluding hydrogens is 444 g/mol. The highest BCUT2D eigenvalue weighted by molar-refractivity contribution is 7.15. The van der Waals surface area contributed by atoms with E-state index in [2.05, 4.69) is 20.3 Å². The highest BCUT2D eigenvalue weighted by Crippen LogP contribution is 2.30. The minimum atomic E-state index is -0.515. The van der Waals surface area contributed by atoms with Crippen LogP contribution in [0.5, 0.6) is 11.5 Å². The number of aromatic nitrogens is 3. The van der Waals surface area contributed by atoms with E-state index in [-0.39, 0.29) is 6.03 Å². The van der Waals surface area contributed by atoms with Crippen LogP contribution >= 0.6 is 11.3 Å². The first-order chi connectivity index (χ1) is 15.9. The summed E-state index contributed by atoms with van der Waals surface area (Å²) in [6, 6.07) is 6.12. The smallest absolute Gasteiger partial charge is 0.331 e. The maximum Gasteiger partial charge on any atom is 0.331 e. The third-order valence-electron chi connectivity index (χ3n) is 5.01. The van der Waals surface area contributed by atoms with Crippen molar-refractivity contribution in [3.05, 3.63) is 47.4 Å². The molecule has 4 amide bonds. The number of urea groups is 2. The van der Waals surface area contributed by atoms with Crippen LogP contribution in [-0.4, -0.2) is 70.2 Å². The fourth-order valence-corrected chi connectivity index (χ4v) is 4.04. The van der Waals surface area contributed by atoms with E-state index in [1.807, 2.05) is 13.0 Å². The second-order valence-corrected chi connectivity index (χ2v) is 8.58. The quantitative estimate of drug-likeness (QED) is 0.559. The summed E-state index contributed by atoms with van der Waals surface area (Å²) in [6.07, 6.45) is 3.47. The number of hydrogen-bond acceptors (Lipinski definition) is 8. The molecule has 0 aliphatic carbocycles. The Morgan fingerprint density at radius 1 is 1.21 bits per heavy atom. The maximum absolute atomic E-state index is 12.6. The summed E-state index contributed by atoms with van der Waals surface area (Å²) < 4.78 is 11.0. The topological polar surface area (TPSA) is 110 Å². The Balaban J connectivity index is 1.41. The molecule has 0 atom stereocenters. The zero-order valence-corrected chi connectivity index (χ0v) is 19.4. The van der Waals surface area contributed by atoms with Crippen LogP contribution in [0.2, 0.25) is 0 Å². The molecule has 0 spiro atoms. The fraction of sp³-hybridized carbons (Fsp3) is 0.318. The molecule has 1 N–H and O–H groups in total. The molecule has 0 saturated carbocycles. The Hall–Kier alpha value is -3.57. The Morgan fingerprint density at radius 2 is 2.06 bits per heavy atom. The van der Waals surface area contributed by atoms with Crippen molar-refractivity contribution in [3.63, 3.8) is 0 Å². The Labute approximate surface area is 195 Å². The van der Waals surface area contributed by atoms with Crippen LogP contribution in [0, 0.1) is 13.8 Å². The van der Waals surface area contributed by atoms with Crippen molar-refractivity contribution in [3.8, 4) is 22.1 Å². The Kier molecular flexibility index (Phi) is 6.80. The number of rotatable bonds is 7. The van der Waals surface area contributed by atoms with Crippen LogP contribution in [0.4, 0.5) is 15.4 Å². The summed E-state index contributed by atoms with van der Waals surface area (Å²) in [5.41, 5.74) is 1.37. The SMILES string of the molecule is COCCN1CCN(C(=O)Nc2ccc(Oc3ccnc(-c4cnc(C)s4)c3)c(C)n2)C1=O. The molecule has 172 valence electrons. The van der Waals surface area contributed by atoms with E-state index in [9.17, 15) is 9.59 Å². The zero-order chi connectivity index (χ0) is 23.4. The van der Waals surface area contributed by atoms with Crippen LogP contribution in [0.25, 0.3) is 10.6 Å². The van der Waals surface area contributed by atoms with Gasteiger partial charge in [-0.05, 0) is 32.0 Å². The largest absolute Gasteiger partial charge is 0.455 e. The Morgan fingerprint density at radius 3 is 2.79 bits per heavy atom. The molecule has 33 heavy (non-hydrogen) atoms. The number of carbonyl (C=O) groups excluding carboxylic acids is 2. The summed E-state index contributed by atoms with van der Waals surface area (Å²) in [6.45, 7) is 5.39. The van der Waals surface area contributed by atoms with E-state index < -0.39 is 6.03 Å². The standard InChI is InChI=1S/C22H24N6O4S/c1-14-18(32-16-6-7-23-17(12-16)19-13-24-15(2)33-19)4-5-20(25-14)26-21(29)28-9-8-27(22(28)30)10-11-31-3/h4-7,12-13H,8-11H2,1-3H3,(H,25,26,29). The van der Waals surface area contributed by atoms with E-state index in [0.29, 0.717) is 49.3 Å². The van der Waals surface area contributed by atoms with Crippen LogP contribution in [0.15, 0.2) is 36.7 Å². The van der Waals surface area contributed by atoms with Gasteiger partial charge in [-0.2, -0.15) is 0 Å². The fourth-order valence-electron chi connectivity index (χ4n) is 3.30. The van der Waals surface area contributed by atoms with Gasteiger partial charge in [-0.1, -0.05) is 0 Å². The third kappa shape index (κ3) is 5.26. The number of thiazole rings is 1. The number of imide groups is 1. The van der Waals surface area contributed by atoms with Gasteiger partial charge in [0.2, 0.25) is 0 Å². The van der Waals surface area contributed by atoms with Crippen molar-refractivity contribution in [1.82, 2.24) is 24.8 Å². The zero-order valence-electron chi connectivity index (χ0n) is 18.6. The number of pyridine rings is 2. The van der Waals surface area contributed by atoms with Gasteiger partial charge < -0.3 is 14.4 Å². The second kappa shape index (κ2) is 9.92. The van der Waals surface area contributed by atoms with Gasteiger partial charge in [-0.25, -0.2) is 24.5 Å². The molecule has 3 aromatic heterocycles. The molecule has 1 saturated heterocycles. The van der Waals surface area contributed by atoms with Gasteiger partial charge in [-0.15, -0.1) is 11.3 Å². The van der Waals surface area contributed by atoms with E-state index in [1.54, 1.807) is 60.9 Å². The first-order valence-corrected chi connectivity index (χ1v) is 11.2. The molecule has 4 heterocycles. The van der Waals surface area contributed by atoms with Crippen LogP contribution in [0.1, 0.15) is 10.7 Å². The number of anilines is 1. The lowest BCUT2D eigenvalue weighted by atomic mass is 10.3. The molecule has 1 aliphatic rings. The van der Waals surface area contributed by atoms with Crippen molar-refractivity contribution < 1.29 is 19.1 Å². The van der Waals surface area contributed by atoms with Crippen molar-refractivity contribution in [1.29, 1.82) is 0 Å². The van der Waals surface area contributed by atoms with Crippen molar-refractivity contribution in [2.45, 2.75) is 13.8 Å². The molecule has 0 bridgehead atoms. The van der Waals surface area contributed by atoms with E-state index in [1.165, 1.54) is 0 Å². The van der Waals surface area contributed by atoms with Crippen molar-refractivity contribution in [2.24, 2.45) is 0 Å². The molecule has 1 fully saturated rings. The lowest BCUT2D eigenvalue weighted by Crippen LogP contribution is -2.39. The van der Waals surface area contributed by atoms with Gasteiger partial charge in [0.25, 0.3) is 0 Å². The van der Waals surface area contributed by atoms with Gasteiger partial charge in [0.05, 0.1) is 27.9 Å². The summed E-state index contributed by atoms with van der Waals surface area (Å²) in [4.78, 5) is 41.7. The number of carbonyl (C=O) groups is 2. The predicted molar refractivity (Wildman–Crippen MR) is 124 cm³/mol. The summed E-state index contributed by atoms with van der Waals surface area (Å²) in [5, 5.41) is 3.65. The average Bonchev–Trinajstić information content (AvgIpc) is 3.40. The first-order valence-electron chi connectivity index (χ1n) is 10.4. The molecule has 10 nitrogen and oxygen atoms in total. The number of aryl methyl sites for hydroxylation is 2. The number of amides is 4. The lowest BCUT2D eigenvalue weighted by Gasteiger charge is -2.17. The normalized spacial score (nSPS) is 13.5. The minimum absolute atomic E-state index is 0.318. The molecule has 3 aromatic rings. The summed E-state index contributed by atoms with van der Waals surface area (Å²) in [7, 11) is 1.57. The lowest BCUT2D eigenvalue weighted by molar-refractivity contribution is 0.156. The number of methoxy groups -OCH3 is 1. The van der Waals surface area contributed by atoms with E-state index in [4.69, 9.17) is 9.47 Å². The number of nitrogens with zero attached hydrogens (tertiary/aromatic N) is 5. The van der Waals surface area contributed by atoms with E-state index >= 15 is 0 Å². The molecule has 4 rings (SSSR count). The van der Waals surface area contributed by atoms with Gasteiger partial charge >= 0.3 is 12.1 Å². The Bertz CT molecular complexity index is 1170.